The van der Waals surface area contributed by atoms with E-state index in [1.54, 1.807) is 37.3 Å². The molecule has 2 aromatic carbocycles. The zero-order valence-electron chi connectivity index (χ0n) is 13.2. The van der Waals surface area contributed by atoms with E-state index < -0.39 is 5.82 Å². The zero-order valence-corrected chi connectivity index (χ0v) is 13.9. The van der Waals surface area contributed by atoms with E-state index in [2.05, 4.69) is 10.4 Å². The van der Waals surface area contributed by atoms with Crippen molar-refractivity contribution in [1.29, 1.82) is 0 Å². The molecule has 3 aromatic rings. The number of aromatic nitrogens is 2. The van der Waals surface area contributed by atoms with Crippen molar-refractivity contribution in [3.05, 3.63) is 76.3 Å². The molecule has 1 heterocycles. The first-order valence-corrected chi connectivity index (χ1v) is 7.72. The van der Waals surface area contributed by atoms with E-state index in [1.807, 2.05) is 13.0 Å². The van der Waals surface area contributed by atoms with Crippen molar-refractivity contribution in [2.75, 3.05) is 5.32 Å². The Bertz CT molecular complexity index is 920. The zero-order chi connectivity index (χ0) is 17.3. The summed E-state index contributed by atoms with van der Waals surface area (Å²) in [5, 5.41) is 7.49. The number of anilines is 1. The maximum absolute atomic E-state index is 13.9. The van der Waals surface area contributed by atoms with Crippen LogP contribution in [0.15, 0.2) is 48.7 Å². The summed E-state index contributed by atoms with van der Waals surface area (Å²) in [6, 6.07) is 11.6. The lowest BCUT2D eigenvalue weighted by molar-refractivity contribution is 0.102. The van der Waals surface area contributed by atoms with Gasteiger partial charge in [0.1, 0.15) is 11.5 Å². The van der Waals surface area contributed by atoms with Gasteiger partial charge < -0.3 is 5.32 Å². The van der Waals surface area contributed by atoms with E-state index in [4.69, 9.17) is 11.6 Å². The molecule has 0 aliphatic carbocycles. The molecule has 0 radical (unpaired) electrons. The summed E-state index contributed by atoms with van der Waals surface area (Å²) >= 11 is 5.97. The molecule has 1 amide bonds. The van der Waals surface area contributed by atoms with Crippen LogP contribution in [0, 0.1) is 19.7 Å². The van der Waals surface area contributed by atoms with Crippen LogP contribution < -0.4 is 5.32 Å². The second kappa shape index (κ2) is 6.45. The highest BCUT2D eigenvalue weighted by molar-refractivity contribution is 6.31. The summed E-state index contributed by atoms with van der Waals surface area (Å²) in [7, 11) is 0. The molecular formula is C18H15ClFN3O. The van der Waals surface area contributed by atoms with Crippen molar-refractivity contribution >= 4 is 23.2 Å². The van der Waals surface area contributed by atoms with Gasteiger partial charge in [0.2, 0.25) is 0 Å². The fourth-order valence-electron chi connectivity index (χ4n) is 2.42. The molecule has 1 N–H and O–H groups in total. The van der Waals surface area contributed by atoms with Gasteiger partial charge in [0.05, 0.1) is 17.5 Å². The summed E-state index contributed by atoms with van der Waals surface area (Å²) in [5.74, 6) is -0.721. The fourth-order valence-corrected chi connectivity index (χ4v) is 2.59. The maximum atomic E-state index is 13.9. The molecule has 0 saturated heterocycles. The van der Waals surface area contributed by atoms with Crippen LogP contribution in [0.2, 0.25) is 5.02 Å². The third-order valence-electron chi connectivity index (χ3n) is 3.78. The number of benzene rings is 2. The number of hydrogen-bond acceptors (Lipinski definition) is 2. The second-order valence-corrected chi connectivity index (χ2v) is 5.86. The molecule has 3 rings (SSSR count). The quantitative estimate of drug-likeness (QED) is 0.759. The summed E-state index contributed by atoms with van der Waals surface area (Å²) in [5.41, 5.74) is 2.75. The van der Waals surface area contributed by atoms with Gasteiger partial charge in [-0.05, 0) is 43.7 Å². The molecule has 122 valence electrons. The minimum atomic E-state index is -0.402. The van der Waals surface area contributed by atoms with Crippen molar-refractivity contribution in [2.24, 2.45) is 0 Å². The molecular weight excluding hydrogens is 329 g/mol. The van der Waals surface area contributed by atoms with Crippen LogP contribution >= 0.6 is 11.6 Å². The number of carbonyl (C=O) groups is 1. The Balaban J connectivity index is 1.92. The van der Waals surface area contributed by atoms with Gasteiger partial charge in [-0.3, -0.25) is 4.79 Å². The van der Waals surface area contributed by atoms with Crippen molar-refractivity contribution in [2.45, 2.75) is 13.8 Å². The largest absolute Gasteiger partial charge is 0.322 e. The number of nitrogens with zero attached hydrogens (tertiary/aromatic N) is 2. The molecule has 1 aromatic heterocycles. The van der Waals surface area contributed by atoms with Crippen LogP contribution in [0.1, 0.15) is 21.6 Å². The SMILES string of the molecule is Cc1ccc(Cl)cc1NC(=O)c1cnn(-c2ccccc2F)c1C. The molecule has 0 spiro atoms. The van der Waals surface area contributed by atoms with E-state index in [0.29, 0.717) is 27.7 Å². The lowest BCUT2D eigenvalue weighted by Crippen LogP contribution is -2.14. The predicted octanol–water partition coefficient (Wildman–Crippen LogP) is 4.53. The molecule has 4 nitrogen and oxygen atoms in total. The van der Waals surface area contributed by atoms with Crippen LogP contribution in [0.4, 0.5) is 10.1 Å². The summed E-state index contributed by atoms with van der Waals surface area (Å²) < 4.78 is 15.3. The Morgan fingerprint density at radius 1 is 1.21 bits per heavy atom. The minimum Gasteiger partial charge on any atom is -0.322 e. The molecule has 0 aliphatic heterocycles. The van der Waals surface area contributed by atoms with E-state index in [-0.39, 0.29) is 5.91 Å². The molecule has 0 bridgehead atoms. The maximum Gasteiger partial charge on any atom is 0.259 e. The molecule has 0 atom stereocenters. The molecule has 0 unspecified atom stereocenters. The standard InChI is InChI=1S/C18H15ClFN3O/c1-11-7-8-13(19)9-16(11)22-18(24)14-10-21-23(12(14)2)17-6-4-3-5-15(17)20/h3-10H,1-2H3,(H,22,24). The van der Waals surface area contributed by atoms with Gasteiger partial charge in [-0.15, -0.1) is 0 Å². The third-order valence-corrected chi connectivity index (χ3v) is 4.02. The highest BCUT2D eigenvalue weighted by Crippen LogP contribution is 2.22. The Labute approximate surface area is 143 Å². The Kier molecular flexibility index (Phi) is 4.36. The van der Waals surface area contributed by atoms with Crippen LogP contribution in [0.3, 0.4) is 0 Å². The van der Waals surface area contributed by atoms with Gasteiger partial charge in [-0.2, -0.15) is 5.10 Å². The monoisotopic (exact) mass is 343 g/mol. The predicted molar refractivity (Wildman–Crippen MR) is 92.4 cm³/mol. The van der Waals surface area contributed by atoms with Gasteiger partial charge in [-0.25, -0.2) is 9.07 Å². The highest BCUT2D eigenvalue weighted by atomic mass is 35.5. The number of amides is 1. The minimum absolute atomic E-state index is 0.299. The number of aryl methyl sites for hydroxylation is 1. The number of carbonyl (C=O) groups excluding carboxylic acids is 1. The second-order valence-electron chi connectivity index (χ2n) is 5.42. The first kappa shape index (κ1) is 16.2. The smallest absolute Gasteiger partial charge is 0.259 e. The average molecular weight is 344 g/mol. The number of halogens is 2. The van der Waals surface area contributed by atoms with Crippen molar-refractivity contribution in [3.8, 4) is 5.69 Å². The normalized spacial score (nSPS) is 10.7. The summed E-state index contributed by atoms with van der Waals surface area (Å²) in [6.07, 6.45) is 1.43. The van der Waals surface area contributed by atoms with E-state index in [9.17, 15) is 9.18 Å². The van der Waals surface area contributed by atoms with Crippen LogP contribution in [0.25, 0.3) is 5.69 Å². The fraction of sp³-hybridized carbons (Fsp3) is 0.111. The molecule has 0 aliphatic rings. The molecule has 24 heavy (non-hydrogen) atoms. The summed E-state index contributed by atoms with van der Waals surface area (Å²) in [4.78, 5) is 12.5. The van der Waals surface area contributed by atoms with Gasteiger partial charge in [-0.1, -0.05) is 29.8 Å². The third kappa shape index (κ3) is 3.03. The number of hydrogen-bond donors (Lipinski definition) is 1. The Morgan fingerprint density at radius 2 is 1.96 bits per heavy atom. The van der Waals surface area contributed by atoms with Crippen LogP contribution in [-0.4, -0.2) is 15.7 Å². The van der Waals surface area contributed by atoms with Gasteiger partial charge >= 0.3 is 0 Å². The topological polar surface area (TPSA) is 46.9 Å². The molecule has 0 saturated carbocycles. The lowest BCUT2D eigenvalue weighted by atomic mass is 10.2. The molecule has 0 fully saturated rings. The Morgan fingerprint density at radius 3 is 2.71 bits per heavy atom. The van der Waals surface area contributed by atoms with E-state index in [1.165, 1.54) is 16.9 Å². The van der Waals surface area contributed by atoms with E-state index >= 15 is 0 Å². The highest BCUT2D eigenvalue weighted by Gasteiger charge is 2.17. The number of para-hydroxylation sites is 1. The van der Waals surface area contributed by atoms with Gasteiger partial charge in [0.15, 0.2) is 0 Å². The Hall–Kier alpha value is -2.66. The van der Waals surface area contributed by atoms with Crippen molar-refractivity contribution < 1.29 is 9.18 Å². The molecule has 6 heteroatoms. The first-order valence-electron chi connectivity index (χ1n) is 7.34. The number of nitrogens with one attached hydrogen (secondary N) is 1. The first-order chi connectivity index (χ1) is 11.5. The van der Waals surface area contributed by atoms with Crippen molar-refractivity contribution in [1.82, 2.24) is 9.78 Å². The van der Waals surface area contributed by atoms with Crippen molar-refractivity contribution in [3.63, 3.8) is 0 Å². The number of rotatable bonds is 3. The van der Waals surface area contributed by atoms with Gasteiger partial charge in [0.25, 0.3) is 5.91 Å². The van der Waals surface area contributed by atoms with Gasteiger partial charge in [0, 0.05) is 10.7 Å². The lowest BCUT2D eigenvalue weighted by Gasteiger charge is -2.09. The average Bonchev–Trinajstić information content (AvgIpc) is 2.93. The van der Waals surface area contributed by atoms with Crippen LogP contribution in [0.5, 0.6) is 0 Å². The summed E-state index contributed by atoms with van der Waals surface area (Å²) in [6.45, 7) is 3.60. The van der Waals surface area contributed by atoms with Crippen LogP contribution in [-0.2, 0) is 0 Å². The van der Waals surface area contributed by atoms with E-state index in [0.717, 1.165) is 5.56 Å².